The van der Waals surface area contributed by atoms with Gasteiger partial charge in [0.25, 0.3) is 5.56 Å². The molecule has 7 nitrogen and oxygen atoms in total. The Bertz CT molecular complexity index is 814. The second-order valence-corrected chi connectivity index (χ2v) is 6.74. The van der Waals surface area contributed by atoms with E-state index in [4.69, 9.17) is 0 Å². The largest absolute Gasteiger partial charge is 0.355 e. The summed E-state index contributed by atoms with van der Waals surface area (Å²) in [7, 11) is 0. The van der Waals surface area contributed by atoms with Gasteiger partial charge in [-0.15, -0.1) is 0 Å². The Morgan fingerprint density at radius 1 is 1.12 bits per heavy atom. The van der Waals surface area contributed by atoms with Crippen molar-refractivity contribution < 1.29 is 4.79 Å². The van der Waals surface area contributed by atoms with Gasteiger partial charge in [-0.05, 0) is 31.0 Å². The van der Waals surface area contributed by atoms with Crippen LogP contribution in [-0.2, 0) is 11.3 Å². The second kappa shape index (κ2) is 6.76. The van der Waals surface area contributed by atoms with Gasteiger partial charge in [0, 0.05) is 49.6 Å². The fourth-order valence-corrected chi connectivity index (χ4v) is 3.58. The van der Waals surface area contributed by atoms with Crippen LogP contribution < -0.4 is 10.9 Å². The van der Waals surface area contributed by atoms with Crippen molar-refractivity contribution in [2.45, 2.75) is 25.4 Å². The van der Waals surface area contributed by atoms with E-state index in [0.717, 1.165) is 43.7 Å². The first kappa shape index (κ1) is 16.0. The minimum absolute atomic E-state index is 0.00201. The van der Waals surface area contributed by atoms with Gasteiger partial charge in [-0.3, -0.25) is 19.5 Å². The summed E-state index contributed by atoms with van der Waals surface area (Å²) in [6, 6.07) is 7.06. The maximum atomic E-state index is 12.1. The van der Waals surface area contributed by atoms with E-state index < -0.39 is 0 Å². The maximum Gasteiger partial charge on any atom is 0.266 e. The van der Waals surface area contributed by atoms with Crippen LogP contribution in [0.15, 0.2) is 41.5 Å². The van der Waals surface area contributed by atoms with Crippen molar-refractivity contribution in [3.05, 3.63) is 47.0 Å². The molecule has 2 aliphatic rings. The number of pyridine rings is 1. The van der Waals surface area contributed by atoms with Crippen molar-refractivity contribution in [2.24, 2.45) is 5.92 Å². The van der Waals surface area contributed by atoms with E-state index in [0.29, 0.717) is 12.5 Å². The van der Waals surface area contributed by atoms with Crippen LogP contribution in [-0.4, -0.2) is 51.2 Å². The van der Waals surface area contributed by atoms with Gasteiger partial charge < -0.3 is 5.32 Å². The van der Waals surface area contributed by atoms with Crippen LogP contribution in [0.1, 0.15) is 12.8 Å². The molecule has 1 amide bonds. The van der Waals surface area contributed by atoms with Gasteiger partial charge in [-0.25, -0.2) is 4.68 Å². The quantitative estimate of drug-likeness (QED) is 0.878. The molecule has 130 valence electrons. The number of nitrogens with zero attached hydrogens (tertiary/aromatic N) is 4. The van der Waals surface area contributed by atoms with E-state index >= 15 is 0 Å². The third-order valence-electron chi connectivity index (χ3n) is 4.96. The molecule has 0 spiro atoms. The topological polar surface area (TPSA) is 80.1 Å². The zero-order valence-corrected chi connectivity index (χ0v) is 14.0. The van der Waals surface area contributed by atoms with E-state index in [1.807, 2.05) is 12.1 Å². The Morgan fingerprint density at radius 3 is 2.68 bits per heavy atom. The van der Waals surface area contributed by atoms with Crippen molar-refractivity contribution in [3.8, 4) is 11.3 Å². The Labute approximate surface area is 145 Å². The Morgan fingerprint density at radius 2 is 1.92 bits per heavy atom. The minimum Gasteiger partial charge on any atom is -0.355 e. The Balaban J connectivity index is 1.42. The summed E-state index contributed by atoms with van der Waals surface area (Å²) in [5.74, 6) is 0.493. The lowest BCUT2D eigenvalue weighted by Gasteiger charge is -2.44. The molecule has 1 N–H and O–H groups in total. The average Bonchev–Trinajstić information content (AvgIpc) is 2.61. The highest BCUT2D eigenvalue weighted by molar-refractivity contribution is 5.82. The number of piperidine rings is 1. The number of amides is 1. The van der Waals surface area contributed by atoms with Gasteiger partial charge in [0.15, 0.2) is 0 Å². The Hall–Kier alpha value is -2.54. The van der Waals surface area contributed by atoms with E-state index in [1.165, 1.54) is 0 Å². The Kier molecular flexibility index (Phi) is 4.31. The normalized spacial score (nSPS) is 21.6. The lowest BCUT2D eigenvalue weighted by Crippen LogP contribution is -2.60. The number of rotatable bonds is 4. The average molecular weight is 339 g/mol. The molecule has 25 heavy (non-hydrogen) atoms. The van der Waals surface area contributed by atoms with Crippen LogP contribution in [0.2, 0.25) is 0 Å². The van der Waals surface area contributed by atoms with Crippen LogP contribution in [0.3, 0.4) is 0 Å². The second-order valence-electron chi connectivity index (χ2n) is 6.74. The monoisotopic (exact) mass is 339 g/mol. The van der Waals surface area contributed by atoms with Gasteiger partial charge in [0.05, 0.1) is 18.3 Å². The van der Waals surface area contributed by atoms with Crippen molar-refractivity contribution in [1.82, 2.24) is 25.0 Å². The summed E-state index contributed by atoms with van der Waals surface area (Å²) in [5, 5.41) is 7.42. The van der Waals surface area contributed by atoms with E-state index in [2.05, 4.69) is 20.3 Å². The van der Waals surface area contributed by atoms with E-state index in [9.17, 15) is 9.59 Å². The molecular weight excluding hydrogens is 318 g/mol. The molecule has 2 aliphatic heterocycles. The third-order valence-corrected chi connectivity index (χ3v) is 4.96. The molecule has 0 radical (unpaired) electrons. The summed E-state index contributed by atoms with van der Waals surface area (Å²) in [6.07, 6.45) is 5.39. The van der Waals surface area contributed by atoms with Crippen LogP contribution in [0, 0.1) is 5.92 Å². The fraction of sp³-hybridized carbons (Fsp3) is 0.444. The predicted molar refractivity (Wildman–Crippen MR) is 92.8 cm³/mol. The summed E-state index contributed by atoms with van der Waals surface area (Å²) in [6.45, 7) is 3.05. The molecule has 2 saturated heterocycles. The van der Waals surface area contributed by atoms with Crippen molar-refractivity contribution >= 4 is 5.91 Å². The number of aromatic nitrogens is 3. The summed E-state index contributed by atoms with van der Waals surface area (Å²) >= 11 is 0. The predicted octanol–water partition coefficient (Wildman–Crippen LogP) is 0.516. The molecule has 0 aliphatic carbocycles. The highest BCUT2D eigenvalue weighted by atomic mass is 16.2. The van der Waals surface area contributed by atoms with Gasteiger partial charge in [-0.1, -0.05) is 0 Å². The zero-order chi connectivity index (χ0) is 17.2. The minimum atomic E-state index is -0.0911. The van der Waals surface area contributed by atoms with Crippen LogP contribution in [0.4, 0.5) is 0 Å². The van der Waals surface area contributed by atoms with E-state index in [1.54, 1.807) is 29.2 Å². The van der Waals surface area contributed by atoms with E-state index in [-0.39, 0.29) is 17.5 Å². The van der Waals surface area contributed by atoms with Crippen LogP contribution in [0.5, 0.6) is 0 Å². The van der Waals surface area contributed by atoms with Gasteiger partial charge in [0.2, 0.25) is 5.91 Å². The molecule has 2 aromatic rings. The molecule has 0 saturated carbocycles. The molecule has 4 heterocycles. The molecule has 7 heteroatoms. The van der Waals surface area contributed by atoms with Crippen LogP contribution in [0.25, 0.3) is 11.3 Å². The molecule has 0 aromatic carbocycles. The summed E-state index contributed by atoms with van der Waals surface area (Å²) < 4.78 is 1.54. The molecule has 2 fully saturated rings. The number of carbonyl (C=O) groups excluding carboxylic acids is 1. The lowest BCUT2D eigenvalue weighted by atomic mass is 9.94. The number of carbonyl (C=O) groups is 1. The smallest absolute Gasteiger partial charge is 0.266 e. The third kappa shape index (κ3) is 3.32. The molecular formula is C18H21N5O2. The summed E-state index contributed by atoms with van der Waals surface area (Å²) in [5.41, 5.74) is 1.62. The fourth-order valence-electron chi connectivity index (χ4n) is 3.58. The number of hydrogen-bond acceptors (Lipinski definition) is 5. The first-order valence-corrected chi connectivity index (χ1v) is 8.71. The zero-order valence-electron chi connectivity index (χ0n) is 14.0. The maximum absolute atomic E-state index is 12.1. The lowest BCUT2D eigenvalue weighted by molar-refractivity contribution is -0.131. The number of nitrogens with one attached hydrogen (secondary N) is 1. The first-order chi connectivity index (χ1) is 12.2. The van der Waals surface area contributed by atoms with Crippen molar-refractivity contribution in [2.75, 3.05) is 19.6 Å². The number of likely N-dealkylation sites (tertiary alicyclic amines) is 1. The first-order valence-electron chi connectivity index (χ1n) is 8.71. The highest BCUT2D eigenvalue weighted by Gasteiger charge is 2.37. The van der Waals surface area contributed by atoms with Crippen molar-refractivity contribution in [1.29, 1.82) is 0 Å². The SMILES string of the molecule is O=C1NCCCC1N1CC(Cn2nc(-c3ccncc3)ccc2=O)C1. The van der Waals surface area contributed by atoms with Crippen LogP contribution >= 0.6 is 0 Å². The number of hydrogen-bond donors (Lipinski definition) is 1. The molecule has 2 aromatic heterocycles. The van der Waals surface area contributed by atoms with Gasteiger partial charge >= 0.3 is 0 Å². The molecule has 1 atom stereocenters. The molecule has 1 unspecified atom stereocenters. The standard InChI is InChI=1S/C18H21N5O2/c24-17-4-3-15(14-5-8-19-9-6-14)21-23(17)12-13-10-22(11-13)16-2-1-7-20-18(16)25/h3-6,8-9,13,16H,1-2,7,10-12H2,(H,20,25). The van der Waals surface area contributed by atoms with Crippen molar-refractivity contribution in [3.63, 3.8) is 0 Å². The molecule has 0 bridgehead atoms. The van der Waals surface area contributed by atoms with Gasteiger partial charge in [-0.2, -0.15) is 5.10 Å². The molecule has 4 rings (SSSR count). The summed E-state index contributed by atoms with van der Waals surface area (Å²) in [4.78, 5) is 30.3. The van der Waals surface area contributed by atoms with Gasteiger partial charge in [0.1, 0.15) is 0 Å². The highest BCUT2D eigenvalue weighted by Crippen LogP contribution is 2.24.